The average Bonchev–Trinajstić information content (AvgIpc) is 3.49. The molecule has 2 aromatic carbocycles. The summed E-state index contributed by atoms with van der Waals surface area (Å²) in [4.78, 5) is 0. The minimum atomic E-state index is 0.543. The van der Waals surface area contributed by atoms with Crippen molar-refractivity contribution >= 4 is 23.4 Å². The quantitative estimate of drug-likeness (QED) is 0.352. The van der Waals surface area contributed by atoms with Crippen LogP contribution >= 0.6 is 23.4 Å². The maximum Gasteiger partial charge on any atom is 0.191 e. The van der Waals surface area contributed by atoms with Crippen LogP contribution in [-0.4, -0.2) is 24.5 Å². The van der Waals surface area contributed by atoms with E-state index in [1.165, 1.54) is 18.4 Å². The average molecular weight is 436 g/mol. The Morgan fingerprint density at radius 3 is 2.40 bits per heavy atom. The number of para-hydroxylation sites is 1. The summed E-state index contributed by atoms with van der Waals surface area (Å²) in [5.74, 6) is 2.35. The van der Waals surface area contributed by atoms with Gasteiger partial charge in [-0.1, -0.05) is 71.9 Å². The molecule has 4 aromatic rings. The number of halogens is 1. The van der Waals surface area contributed by atoms with E-state index in [0.29, 0.717) is 16.8 Å². The lowest BCUT2D eigenvalue weighted by molar-refractivity contribution is 0.667. The largest absolute Gasteiger partial charge is 0.301 e. The minimum absolute atomic E-state index is 0.543. The van der Waals surface area contributed by atoms with Crippen LogP contribution < -0.4 is 0 Å². The molecule has 5 nitrogen and oxygen atoms in total. The Bertz CT molecular complexity index is 1150. The van der Waals surface area contributed by atoms with Gasteiger partial charge in [0, 0.05) is 17.2 Å². The van der Waals surface area contributed by atoms with Crippen LogP contribution in [0.25, 0.3) is 5.69 Å². The maximum absolute atomic E-state index is 6.71. The standard InChI is InChI=1S/C23H22ClN5S/c1-16-20(21(24)29(27-16)19-10-6-3-7-11-19)15-30-23-26-25-22(18-12-13-18)28(23)14-17-8-4-2-5-9-17/h2-11,18H,12-15H2,1H3. The van der Waals surface area contributed by atoms with E-state index in [4.69, 9.17) is 11.6 Å². The fourth-order valence-corrected chi connectivity index (χ4v) is 4.99. The van der Waals surface area contributed by atoms with E-state index in [1.54, 1.807) is 16.4 Å². The van der Waals surface area contributed by atoms with Crippen molar-refractivity contribution in [3.05, 3.63) is 88.5 Å². The van der Waals surface area contributed by atoms with Crippen LogP contribution in [0.2, 0.25) is 5.15 Å². The first-order chi connectivity index (χ1) is 14.7. The molecule has 30 heavy (non-hydrogen) atoms. The molecular weight excluding hydrogens is 414 g/mol. The second kappa shape index (κ2) is 8.28. The van der Waals surface area contributed by atoms with Crippen LogP contribution in [0.3, 0.4) is 0 Å². The number of aryl methyl sites for hydroxylation is 1. The molecule has 0 saturated heterocycles. The molecule has 0 atom stereocenters. The zero-order valence-corrected chi connectivity index (χ0v) is 18.3. The Labute approximate surface area is 185 Å². The van der Waals surface area contributed by atoms with Crippen molar-refractivity contribution in [2.45, 2.75) is 43.1 Å². The second-order valence-corrected chi connectivity index (χ2v) is 8.88. The number of nitrogens with zero attached hydrogens (tertiary/aromatic N) is 5. The number of aromatic nitrogens is 5. The van der Waals surface area contributed by atoms with Crippen LogP contribution in [0.15, 0.2) is 65.8 Å². The highest BCUT2D eigenvalue weighted by Gasteiger charge is 2.30. The summed E-state index contributed by atoms with van der Waals surface area (Å²) >= 11 is 8.38. The van der Waals surface area contributed by atoms with Gasteiger partial charge in [0.2, 0.25) is 0 Å². The molecule has 0 radical (unpaired) electrons. The normalized spacial score (nSPS) is 13.7. The summed E-state index contributed by atoms with van der Waals surface area (Å²) < 4.78 is 4.07. The van der Waals surface area contributed by atoms with Crippen LogP contribution in [-0.2, 0) is 12.3 Å². The zero-order chi connectivity index (χ0) is 20.5. The lowest BCUT2D eigenvalue weighted by Crippen LogP contribution is -2.06. The maximum atomic E-state index is 6.71. The summed E-state index contributed by atoms with van der Waals surface area (Å²) in [6, 6.07) is 20.5. The highest BCUT2D eigenvalue weighted by molar-refractivity contribution is 7.98. The summed E-state index contributed by atoms with van der Waals surface area (Å²) in [7, 11) is 0. The molecule has 2 aromatic heterocycles. The fraction of sp³-hybridized carbons (Fsp3) is 0.261. The summed E-state index contributed by atoms with van der Waals surface area (Å²) in [5, 5.41) is 15.3. The number of rotatable bonds is 7. The van der Waals surface area contributed by atoms with E-state index in [9.17, 15) is 0 Å². The van der Waals surface area contributed by atoms with Gasteiger partial charge < -0.3 is 4.57 Å². The van der Waals surface area contributed by atoms with Crippen molar-refractivity contribution in [2.24, 2.45) is 0 Å². The molecule has 0 bridgehead atoms. The van der Waals surface area contributed by atoms with Crippen molar-refractivity contribution in [3.8, 4) is 5.69 Å². The van der Waals surface area contributed by atoms with Gasteiger partial charge in [0.1, 0.15) is 11.0 Å². The molecule has 2 heterocycles. The minimum Gasteiger partial charge on any atom is -0.301 e. The van der Waals surface area contributed by atoms with Gasteiger partial charge in [0.05, 0.1) is 17.9 Å². The van der Waals surface area contributed by atoms with E-state index < -0.39 is 0 Å². The number of benzene rings is 2. The molecule has 0 spiro atoms. The molecule has 0 amide bonds. The lowest BCUT2D eigenvalue weighted by atomic mass is 10.2. The van der Waals surface area contributed by atoms with E-state index in [1.807, 2.05) is 43.3 Å². The first-order valence-electron chi connectivity index (χ1n) is 10.1. The van der Waals surface area contributed by atoms with Crippen molar-refractivity contribution in [1.29, 1.82) is 0 Å². The number of hydrogen-bond acceptors (Lipinski definition) is 4. The van der Waals surface area contributed by atoms with Gasteiger partial charge in [0.15, 0.2) is 5.16 Å². The summed E-state index contributed by atoms with van der Waals surface area (Å²) in [5.41, 5.74) is 4.19. The Balaban J connectivity index is 1.40. The van der Waals surface area contributed by atoms with Gasteiger partial charge in [-0.05, 0) is 37.5 Å². The molecule has 7 heteroatoms. The molecule has 0 aliphatic heterocycles. The molecule has 1 aliphatic rings. The van der Waals surface area contributed by atoms with Crippen LogP contribution in [0, 0.1) is 6.92 Å². The van der Waals surface area contributed by atoms with Crippen LogP contribution in [0.4, 0.5) is 0 Å². The Morgan fingerprint density at radius 2 is 1.70 bits per heavy atom. The fourth-order valence-electron chi connectivity index (χ4n) is 3.54. The van der Waals surface area contributed by atoms with Gasteiger partial charge >= 0.3 is 0 Å². The van der Waals surface area contributed by atoms with E-state index >= 15 is 0 Å². The van der Waals surface area contributed by atoms with Gasteiger partial charge in [-0.15, -0.1) is 10.2 Å². The van der Waals surface area contributed by atoms with Crippen molar-refractivity contribution in [1.82, 2.24) is 24.5 Å². The Morgan fingerprint density at radius 1 is 1.00 bits per heavy atom. The third kappa shape index (κ3) is 3.89. The zero-order valence-electron chi connectivity index (χ0n) is 16.7. The van der Waals surface area contributed by atoms with E-state index in [0.717, 1.165) is 34.5 Å². The van der Waals surface area contributed by atoms with Crippen molar-refractivity contribution in [3.63, 3.8) is 0 Å². The molecular formula is C23H22ClN5S. The van der Waals surface area contributed by atoms with Gasteiger partial charge in [-0.3, -0.25) is 0 Å². The Kier molecular flexibility index (Phi) is 5.35. The van der Waals surface area contributed by atoms with Gasteiger partial charge in [-0.25, -0.2) is 4.68 Å². The van der Waals surface area contributed by atoms with Gasteiger partial charge in [0.25, 0.3) is 0 Å². The molecule has 1 aliphatic carbocycles. The molecule has 1 saturated carbocycles. The van der Waals surface area contributed by atoms with Gasteiger partial charge in [-0.2, -0.15) is 5.10 Å². The Hall–Kier alpha value is -2.57. The van der Waals surface area contributed by atoms with E-state index in [-0.39, 0.29) is 0 Å². The number of hydrogen-bond donors (Lipinski definition) is 0. The highest BCUT2D eigenvalue weighted by atomic mass is 35.5. The SMILES string of the molecule is Cc1nn(-c2ccccc2)c(Cl)c1CSc1nnc(C2CC2)n1Cc1ccccc1. The predicted molar refractivity (Wildman–Crippen MR) is 120 cm³/mol. The second-order valence-electron chi connectivity index (χ2n) is 7.58. The van der Waals surface area contributed by atoms with Crippen molar-refractivity contribution in [2.75, 3.05) is 0 Å². The van der Waals surface area contributed by atoms with E-state index in [2.05, 4.69) is 44.1 Å². The number of thioether (sulfide) groups is 1. The monoisotopic (exact) mass is 435 g/mol. The smallest absolute Gasteiger partial charge is 0.191 e. The third-order valence-corrected chi connectivity index (χ3v) is 6.72. The molecule has 152 valence electrons. The predicted octanol–water partition coefficient (Wildman–Crippen LogP) is 5.64. The van der Waals surface area contributed by atoms with Crippen LogP contribution in [0.1, 0.15) is 41.4 Å². The lowest BCUT2D eigenvalue weighted by Gasteiger charge is -2.10. The summed E-state index contributed by atoms with van der Waals surface area (Å²) in [6.45, 7) is 2.80. The topological polar surface area (TPSA) is 48.5 Å². The third-order valence-electron chi connectivity index (χ3n) is 5.34. The molecule has 5 rings (SSSR count). The first-order valence-corrected chi connectivity index (χ1v) is 11.5. The molecule has 1 fully saturated rings. The first kappa shape index (κ1) is 19.4. The molecule has 0 N–H and O–H groups in total. The highest BCUT2D eigenvalue weighted by Crippen LogP contribution is 2.40. The summed E-state index contributed by atoms with van der Waals surface area (Å²) in [6.07, 6.45) is 2.40. The van der Waals surface area contributed by atoms with Crippen LogP contribution in [0.5, 0.6) is 0 Å². The van der Waals surface area contributed by atoms with Crippen molar-refractivity contribution < 1.29 is 0 Å². The molecule has 0 unspecified atom stereocenters.